The van der Waals surface area contributed by atoms with Crippen molar-refractivity contribution in [2.75, 3.05) is 6.61 Å². The van der Waals surface area contributed by atoms with Crippen molar-refractivity contribution >= 4 is 17.4 Å². The number of hydrogen-bond donors (Lipinski definition) is 0. The molecular weight excluding hydrogens is 272 g/mol. The van der Waals surface area contributed by atoms with Gasteiger partial charge in [0.05, 0.1) is 6.61 Å². The quantitative estimate of drug-likeness (QED) is 0.797. The zero-order chi connectivity index (χ0) is 14.1. The minimum Gasteiger partial charge on any atom is -0.493 e. The molecule has 0 aromatic heterocycles. The van der Waals surface area contributed by atoms with Gasteiger partial charge in [-0.2, -0.15) is 0 Å². The fourth-order valence-electron chi connectivity index (χ4n) is 2.57. The van der Waals surface area contributed by atoms with Crippen molar-refractivity contribution in [2.45, 2.75) is 19.8 Å². The van der Waals surface area contributed by atoms with Gasteiger partial charge in [0, 0.05) is 29.0 Å². The number of carbonyl (C=O) groups is 1. The molecule has 0 saturated heterocycles. The number of halogens is 1. The number of carbonyl (C=O) groups excluding carboxylic acids is 1. The fourth-order valence-corrected chi connectivity index (χ4v) is 2.83. The summed E-state index contributed by atoms with van der Waals surface area (Å²) in [5.74, 6) is 0.934. The Hall–Kier alpha value is -1.80. The molecule has 3 heteroatoms. The number of Topliss-reactive ketones (excluding diaryl/α,β-unsaturated/α-hetero) is 1. The molecule has 0 bridgehead atoms. The molecule has 0 atom stereocenters. The molecule has 0 aliphatic carbocycles. The molecule has 102 valence electrons. The summed E-state index contributed by atoms with van der Waals surface area (Å²) in [5.41, 5.74) is 3.81. The van der Waals surface area contributed by atoms with E-state index >= 15 is 0 Å². The van der Waals surface area contributed by atoms with Crippen LogP contribution in [0.3, 0.4) is 0 Å². The van der Waals surface area contributed by atoms with E-state index in [4.69, 9.17) is 16.3 Å². The minimum atomic E-state index is 0.0914. The average Bonchev–Trinajstić information content (AvgIpc) is 2.86. The number of aryl methyl sites for hydroxylation is 1. The van der Waals surface area contributed by atoms with E-state index in [0.717, 1.165) is 34.4 Å². The molecule has 0 N–H and O–H groups in total. The van der Waals surface area contributed by atoms with E-state index in [1.807, 2.05) is 43.3 Å². The highest BCUT2D eigenvalue weighted by Gasteiger charge is 2.19. The molecule has 1 heterocycles. The van der Waals surface area contributed by atoms with Crippen LogP contribution in [-0.4, -0.2) is 12.4 Å². The zero-order valence-corrected chi connectivity index (χ0v) is 12.0. The maximum atomic E-state index is 12.4. The molecule has 3 rings (SSSR count). The molecule has 0 amide bonds. The monoisotopic (exact) mass is 286 g/mol. The van der Waals surface area contributed by atoms with Crippen LogP contribution in [-0.2, 0) is 12.8 Å². The first-order valence-corrected chi connectivity index (χ1v) is 7.05. The third kappa shape index (κ3) is 2.56. The third-order valence-corrected chi connectivity index (χ3v) is 3.73. The highest BCUT2D eigenvalue weighted by Crippen LogP contribution is 2.33. The van der Waals surface area contributed by atoms with Crippen LogP contribution in [0.1, 0.15) is 27.0 Å². The molecule has 2 aromatic rings. The summed E-state index contributed by atoms with van der Waals surface area (Å²) in [6, 6.07) is 11.4. The number of hydrogen-bond acceptors (Lipinski definition) is 2. The van der Waals surface area contributed by atoms with Crippen LogP contribution < -0.4 is 4.74 Å². The summed E-state index contributed by atoms with van der Waals surface area (Å²) in [4.78, 5) is 12.4. The Morgan fingerprint density at radius 3 is 2.95 bits per heavy atom. The fraction of sp³-hybridized carbons (Fsp3) is 0.235. The van der Waals surface area contributed by atoms with Crippen molar-refractivity contribution < 1.29 is 9.53 Å². The lowest BCUT2D eigenvalue weighted by Crippen LogP contribution is -2.05. The minimum absolute atomic E-state index is 0.0914. The molecule has 0 saturated carbocycles. The Labute approximate surface area is 123 Å². The standard InChI is InChI=1S/C17H15ClO2/c1-11-3-2-4-12(7-11)16(19)10-14-9-15(18)8-13-5-6-20-17(13)14/h2-4,7-9H,5-6,10H2,1H3. The molecule has 0 fully saturated rings. The van der Waals surface area contributed by atoms with Gasteiger partial charge in [0.25, 0.3) is 0 Å². The second-order valence-electron chi connectivity index (χ2n) is 5.12. The summed E-state index contributed by atoms with van der Waals surface area (Å²) in [6.07, 6.45) is 1.19. The Bertz CT molecular complexity index is 677. The van der Waals surface area contributed by atoms with Crippen molar-refractivity contribution in [3.05, 3.63) is 63.7 Å². The average molecular weight is 287 g/mol. The predicted molar refractivity (Wildman–Crippen MR) is 79.9 cm³/mol. The summed E-state index contributed by atoms with van der Waals surface area (Å²) in [5, 5.41) is 0.668. The Balaban J connectivity index is 1.90. The maximum absolute atomic E-state index is 12.4. The predicted octanol–water partition coefficient (Wildman–Crippen LogP) is 4.01. The van der Waals surface area contributed by atoms with Crippen molar-refractivity contribution in [3.63, 3.8) is 0 Å². The van der Waals surface area contributed by atoms with Crippen LogP contribution in [0.15, 0.2) is 36.4 Å². The second-order valence-corrected chi connectivity index (χ2v) is 5.56. The van der Waals surface area contributed by atoms with Crippen molar-refractivity contribution in [1.29, 1.82) is 0 Å². The van der Waals surface area contributed by atoms with Gasteiger partial charge in [-0.15, -0.1) is 0 Å². The van der Waals surface area contributed by atoms with Crippen LogP contribution in [0, 0.1) is 6.92 Å². The Morgan fingerprint density at radius 2 is 2.15 bits per heavy atom. The van der Waals surface area contributed by atoms with E-state index in [0.29, 0.717) is 18.1 Å². The lowest BCUT2D eigenvalue weighted by atomic mass is 9.99. The van der Waals surface area contributed by atoms with Gasteiger partial charge in [0.15, 0.2) is 5.78 Å². The maximum Gasteiger partial charge on any atom is 0.167 e. The molecule has 0 unspecified atom stereocenters. The molecule has 0 spiro atoms. The number of benzene rings is 2. The highest BCUT2D eigenvalue weighted by molar-refractivity contribution is 6.30. The van der Waals surface area contributed by atoms with E-state index in [2.05, 4.69) is 0 Å². The highest BCUT2D eigenvalue weighted by atomic mass is 35.5. The molecule has 0 radical (unpaired) electrons. The second kappa shape index (κ2) is 5.29. The van der Waals surface area contributed by atoms with E-state index < -0.39 is 0 Å². The lowest BCUT2D eigenvalue weighted by Gasteiger charge is -2.09. The molecule has 2 aromatic carbocycles. The van der Waals surface area contributed by atoms with Crippen LogP contribution in [0.4, 0.5) is 0 Å². The van der Waals surface area contributed by atoms with Gasteiger partial charge < -0.3 is 4.74 Å². The van der Waals surface area contributed by atoms with E-state index in [-0.39, 0.29) is 5.78 Å². The number of ketones is 1. The van der Waals surface area contributed by atoms with Gasteiger partial charge in [0.1, 0.15) is 5.75 Å². The summed E-state index contributed by atoms with van der Waals surface area (Å²) in [7, 11) is 0. The summed E-state index contributed by atoms with van der Waals surface area (Å²) < 4.78 is 5.63. The Morgan fingerprint density at radius 1 is 1.30 bits per heavy atom. The van der Waals surface area contributed by atoms with Crippen molar-refractivity contribution in [1.82, 2.24) is 0 Å². The molecule has 1 aliphatic rings. The first kappa shape index (κ1) is 13.2. The van der Waals surface area contributed by atoms with Gasteiger partial charge in [-0.1, -0.05) is 35.4 Å². The first-order valence-electron chi connectivity index (χ1n) is 6.67. The van der Waals surface area contributed by atoms with Crippen molar-refractivity contribution in [2.24, 2.45) is 0 Å². The Kier molecular flexibility index (Phi) is 3.49. The smallest absolute Gasteiger partial charge is 0.167 e. The van der Waals surface area contributed by atoms with Crippen molar-refractivity contribution in [3.8, 4) is 5.75 Å². The number of rotatable bonds is 3. The van der Waals surface area contributed by atoms with Crippen LogP contribution in [0.5, 0.6) is 5.75 Å². The molecule has 1 aliphatic heterocycles. The van der Waals surface area contributed by atoms with Gasteiger partial charge in [0.2, 0.25) is 0 Å². The largest absolute Gasteiger partial charge is 0.493 e. The zero-order valence-electron chi connectivity index (χ0n) is 11.3. The third-order valence-electron chi connectivity index (χ3n) is 3.52. The van der Waals surface area contributed by atoms with Crippen LogP contribution in [0.2, 0.25) is 5.02 Å². The van der Waals surface area contributed by atoms with Gasteiger partial charge in [-0.25, -0.2) is 0 Å². The van der Waals surface area contributed by atoms with E-state index in [1.165, 1.54) is 0 Å². The van der Waals surface area contributed by atoms with Crippen LogP contribution >= 0.6 is 11.6 Å². The topological polar surface area (TPSA) is 26.3 Å². The van der Waals surface area contributed by atoms with Gasteiger partial charge in [-0.05, 0) is 30.7 Å². The summed E-state index contributed by atoms with van der Waals surface area (Å²) in [6.45, 7) is 2.65. The number of fused-ring (bicyclic) bond motifs is 1. The number of ether oxygens (including phenoxy) is 1. The SMILES string of the molecule is Cc1cccc(C(=O)Cc2cc(Cl)cc3c2OCC3)c1. The first-order chi connectivity index (χ1) is 9.63. The normalized spacial score (nSPS) is 12.9. The molecule has 20 heavy (non-hydrogen) atoms. The van der Waals surface area contributed by atoms with E-state index in [1.54, 1.807) is 0 Å². The molecule has 2 nitrogen and oxygen atoms in total. The molecular formula is C17H15ClO2. The summed E-state index contributed by atoms with van der Waals surface area (Å²) >= 11 is 6.12. The van der Waals surface area contributed by atoms with E-state index in [9.17, 15) is 4.79 Å². The van der Waals surface area contributed by atoms with Crippen LogP contribution in [0.25, 0.3) is 0 Å². The van der Waals surface area contributed by atoms with Gasteiger partial charge in [-0.3, -0.25) is 4.79 Å². The van der Waals surface area contributed by atoms with Gasteiger partial charge >= 0.3 is 0 Å². The lowest BCUT2D eigenvalue weighted by molar-refractivity contribution is 0.0992.